The molecule has 1 aromatic heterocycles. The maximum absolute atomic E-state index is 13.8. The molecule has 4 rings (SSSR count). The summed E-state index contributed by atoms with van der Waals surface area (Å²) in [6, 6.07) is 6.68. The topological polar surface area (TPSA) is 70.2 Å². The third-order valence-electron chi connectivity index (χ3n) is 6.08. The second kappa shape index (κ2) is 8.31. The average molecular weight is 386 g/mol. The van der Waals surface area contributed by atoms with E-state index in [0.717, 1.165) is 43.6 Å². The minimum absolute atomic E-state index is 0.0569. The van der Waals surface area contributed by atoms with Gasteiger partial charge in [-0.3, -0.25) is 0 Å². The zero-order valence-electron chi connectivity index (χ0n) is 16.0. The van der Waals surface area contributed by atoms with Crippen molar-refractivity contribution in [3.05, 3.63) is 53.9 Å². The Kier molecular flexibility index (Phi) is 5.62. The molecule has 28 heavy (non-hydrogen) atoms. The van der Waals surface area contributed by atoms with Crippen molar-refractivity contribution in [3.8, 4) is 0 Å². The van der Waals surface area contributed by atoms with Crippen molar-refractivity contribution in [2.24, 2.45) is 0 Å². The molecule has 1 aromatic carbocycles. The Bertz CT molecular complexity index is 789. The molecular weight excluding hydrogens is 359 g/mol. The van der Waals surface area contributed by atoms with Crippen molar-refractivity contribution < 1.29 is 13.9 Å². The first-order valence-electron chi connectivity index (χ1n) is 10.0. The molecule has 0 radical (unpaired) electrons. The van der Waals surface area contributed by atoms with Crippen LogP contribution in [0.5, 0.6) is 0 Å². The lowest BCUT2D eigenvalue weighted by atomic mass is 9.74. The number of H-pyrrole nitrogens is 1. The monoisotopic (exact) mass is 386 g/mol. The Labute approximate surface area is 164 Å². The summed E-state index contributed by atoms with van der Waals surface area (Å²) in [5, 5.41) is 3.13. The van der Waals surface area contributed by atoms with Crippen molar-refractivity contribution in [2.45, 2.75) is 37.0 Å². The molecule has 7 heteroatoms. The van der Waals surface area contributed by atoms with Crippen molar-refractivity contribution in [1.29, 1.82) is 0 Å². The van der Waals surface area contributed by atoms with Gasteiger partial charge < -0.3 is 19.9 Å². The number of imidazole rings is 1. The van der Waals surface area contributed by atoms with E-state index in [2.05, 4.69) is 15.3 Å². The maximum atomic E-state index is 13.8. The lowest BCUT2D eigenvalue weighted by Gasteiger charge is -2.39. The number of urea groups is 1. The van der Waals surface area contributed by atoms with E-state index in [4.69, 9.17) is 4.74 Å². The molecule has 0 aliphatic carbocycles. The van der Waals surface area contributed by atoms with E-state index in [0.29, 0.717) is 26.3 Å². The van der Waals surface area contributed by atoms with Gasteiger partial charge in [0.2, 0.25) is 0 Å². The fraction of sp³-hybridized carbons (Fsp3) is 0.524. The summed E-state index contributed by atoms with van der Waals surface area (Å²) < 4.78 is 19.4. The summed E-state index contributed by atoms with van der Waals surface area (Å²) in [4.78, 5) is 22.3. The number of halogens is 1. The van der Waals surface area contributed by atoms with Crippen molar-refractivity contribution in [2.75, 3.05) is 32.8 Å². The van der Waals surface area contributed by atoms with Crippen LogP contribution in [-0.2, 0) is 10.2 Å². The molecule has 2 saturated heterocycles. The fourth-order valence-electron chi connectivity index (χ4n) is 4.39. The quantitative estimate of drug-likeness (QED) is 0.848. The van der Waals surface area contributed by atoms with Gasteiger partial charge >= 0.3 is 6.03 Å². The summed E-state index contributed by atoms with van der Waals surface area (Å²) in [6.07, 6.45) is 7.10. The first kappa shape index (κ1) is 18.9. The molecule has 0 unspecified atom stereocenters. The Balaban J connectivity index is 1.43. The van der Waals surface area contributed by atoms with Crippen LogP contribution in [0, 0.1) is 5.82 Å². The van der Waals surface area contributed by atoms with E-state index in [1.54, 1.807) is 18.3 Å². The van der Waals surface area contributed by atoms with E-state index >= 15 is 0 Å². The van der Waals surface area contributed by atoms with Crippen LogP contribution in [0.15, 0.2) is 36.7 Å². The standard InChI is InChI=1S/C21H27FN4O2/c22-18-5-1-4-17(13-18)21(6-11-28-12-7-21)15-25-20(27)26-10-2-3-16(14-26)19-23-8-9-24-19/h1,4-5,8-9,13,16H,2-3,6-7,10-12,14-15H2,(H,23,24)(H,25,27)/t16-/m0/s1. The van der Waals surface area contributed by atoms with Crippen molar-refractivity contribution in [1.82, 2.24) is 20.2 Å². The van der Waals surface area contributed by atoms with Gasteiger partial charge in [-0.2, -0.15) is 0 Å². The second-order valence-corrected chi connectivity index (χ2v) is 7.82. The number of hydrogen-bond acceptors (Lipinski definition) is 3. The molecule has 2 amide bonds. The van der Waals surface area contributed by atoms with E-state index in [1.165, 1.54) is 6.07 Å². The molecule has 2 aromatic rings. The fourth-order valence-corrected chi connectivity index (χ4v) is 4.39. The van der Waals surface area contributed by atoms with Gasteiger partial charge in [-0.25, -0.2) is 14.2 Å². The number of ether oxygens (including phenoxy) is 1. The molecule has 2 fully saturated rings. The van der Waals surface area contributed by atoms with Gasteiger partial charge in [0.15, 0.2) is 0 Å². The molecular formula is C21H27FN4O2. The van der Waals surface area contributed by atoms with Gasteiger partial charge in [0.1, 0.15) is 11.6 Å². The third-order valence-corrected chi connectivity index (χ3v) is 6.08. The summed E-state index contributed by atoms with van der Waals surface area (Å²) in [5.41, 5.74) is 0.648. The Morgan fingerprint density at radius 1 is 1.39 bits per heavy atom. The molecule has 6 nitrogen and oxygen atoms in total. The number of amides is 2. The van der Waals surface area contributed by atoms with Gasteiger partial charge in [-0.1, -0.05) is 12.1 Å². The van der Waals surface area contributed by atoms with Crippen LogP contribution in [0.3, 0.4) is 0 Å². The highest BCUT2D eigenvalue weighted by Gasteiger charge is 2.36. The maximum Gasteiger partial charge on any atom is 0.317 e. The van der Waals surface area contributed by atoms with Gasteiger partial charge in [-0.05, 0) is 43.4 Å². The number of rotatable bonds is 4. The Morgan fingerprint density at radius 2 is 2.25 bits per heavy atom. The summed E-state index contributed by atoms with van der Waals surface area (Å²) in [5.74, 6) is 0.944. The first-order chi connectivity index (χ1) is 13.7. The Hall–Kier alpha value is -2.41. The number of hydrogen-bond donors (Lipinski definition) is 2. The molecule has 1 atom stereocenters. The zero-order valence-corrected chi connectivity index (χ0v) is 16.0. The van der Waals surface area contributed by atoms with Crippen LogP contribution in [0.25, 0.3) is 0 Å². The molecule has 2 aliphatic rings. The lowest BCUT2D eigenvalue weighted by molar-refractivity contribution is 0.0498. The summed E-state index contributed by atoms with van der Waals surface area (Å²) in [7, 11) is 0. The number of carbonyl (C=O) groups is 1. The molecule has 150 valence electrons. The predicted octanol–water partition coefficient (Wildman–Crippen LogP) is 3.19. The number of nitrogens with one attached hydrogen (secondary N) is 2. The number of benzene rings is 1. The predicted molar refractivity (Wildman–Crippen MR) is 104 cm³/mol. The number of aromatic nitrogens is 2. The highest BCUT2D eigenvalue weighted by molar-refractivity contribution is 5.74. The summed E-state index contributed by atoms with van der Waals surface area (Å²) in [6.45, 7) is 3.14. The van der Waals surface area contributed by atoms with E-state index in [-0.39, 0.29) is 23.2 Å². The molecule has 0 saturated carbocycles. The lowest BCUT2D eigenvalue weighted by Crippen LogP contribution is -2.50. The van der Waals surface area contributed by atoms with Crippen molar-refractivity contribution >= 4 is 6.03 Å². The smallest absolute Gasteiger partial charge is 0.317 e. The normalized spacial score (nSPS) is 22.0. The number of carbonyl (C=O) groups excluding carboxylic acids is 1. The number of likely N-dealkylation sites (tertiary alicyclic amines) is 1. The minimum atomic E-state index is -0.286. The highest BCUT2D eigenvalue weighted by Crippen LogP contribution is 2.35. The van der Waals surface area contributed by atoms with E-state index < -0.39 is 0 Å². The highest BCUT2D eigenvalue weighted by atomic mass is 19.1. The second-order valence-electron chi connectivity index (χ2n) is 7.82. The minimum Gasteiger partial charge on any atom is -0.381 e. The van der Waals surface area contributed by atoms with E-state index in [1.807, 2.05) is 17.2 Å². The number of nitrogens with zero attached hydrogens (tertiary/aromatic N) is 2. The van der Waals surface area contributed by atoms with Gasteiger partial charge in [-0.15, -0.1) is 0 Å². The van der Waals surface area contributed by atoms with E-state index in [9.17, 15) is 9.18 Å². The first-order valence-corrected chi connectivity index (χ1v) is 10.0. The molecule has 2 aliphatic heterocycles. The summed E-state index contributed by atoms with van der Waals surface area (Å²) >= 11 is 0. The van der Waals surface area contributed by atoms with Crippen LogP contribution in [0.2, 0.25) is 0 Å². The molecule has 2 N–H and O–H groups in total. The molecule has 0 spiro atoms. The van der Waals surface area contributed by atoms with Crippen LogP contribution in [0.1, 0.15) is 43.0 Å². The van der Waals surface area contributed by atoms with Crippen LogP contribution < -0.4 is 5.32 Å². The zero-order chi connectivity index (χ0) is 19.4. The SMILES string of the molecule is O=C(NCC1(c2cccc(F)c2)CCOCC1)N1CCC[C@H](c2ncc[nH]2)C1. The van der Waals surface area contributed by atoms with Crippen molar-refractivity contribution in [3.63, 3.8) is 0 Å². The third kappa shape index (κ3) is 4.04. The van der Waals surface area contributed by atoms with Gasteiger partial charge in [0.25, 0.3) is 0 Å². The van der Waals surface area contributed by atoms with Crippen LogP contribution in [-0.4, -0.2) is 53.7 Å². The van der Waals surface area contributed by atoms with Gasteiger partial charge in [0.05, 0.1) is 0 Å². The average Bonchev–Trinajstić information content (AvgIpc) is 3.28. The largest absolute Gasteiger partial charge is 0.381 e. The van der Waals surface area contributed by atoms with Crippen LogP contribution >= 0.6 is 0 Å². The number of piperidine rings is 1. The molecule has 0 bridgehead atoms. The number of aromatic amines is 1. The Morgan fingerprint density at radius 3 is 3.00 bits per heavy atom. The van der Waals surface area contributed by atoms with Gasteiger partial charge in [0, 0.05) is 56.6 Å². The molecule has 3 heterocycles. The van der Waals surface area contributed by atoms with Crippen LogP contribution in [0.4, 0.5) is 9.18 Å².